The maximum atomic E-state index is 6.05. The summed E-state index contributed by atoms with van der Waals surface area (Å²) in [6.07, 6.45) is 10.0. The summed E-state index contributed by atoms with van der Waals surface area (Å²) in [5.41, 5.74) is 3.89. The molecule has 0 atom stereocenters. The molecule has 0 bridgehead atoms. The number of hydrogen-bond donors (Lipinski definition) is 0. The van der Waals surface area contributed by atoms with Gasteiger partial charge in [-0.3, -0.25) is 0 Å². The van der Waals surface area contributed by atoms with Gasteiger partial charge in [-0.25, -0.2) is 0 Å². The van der Waals surface area contributed by atoms with E-state index >= 15 is 0 Å². The van der Waals surface area contributed by atoms with Gasteiger partial charge >= 0.3 is 0 Å². The minimum Gasteiger partial charge on any atom is -0.493 e. The van der Waals surface area contributed by atoms with Crippen molar-refractivity contribution in [2.45, 2.75) is 65.2 Å². The van der Waals surface area contributed by atoms with Crippen LogP contribution in [-0.2, 0) is 6.42 Å². The Labute approximate surface area is 148 Å². The molecule has 0 saturated carbocycles. The number of ether oxygens (including phenoxy) is 1. The van der Waals surface area contributed by atoms with E-state index in [0.717, 1.165) is 18.8 Å². The molecule has 0 aliphatic heterocycles. The van der Waals surface area contributed by atoms with E-state index in [4.69, 9.17) is 4.74 Å². The van der Waals surface area contributed by atoms with Crippen LogP contribution in [0.5, 0.6) is 5.75 Å². The van der Waals surface area contributed by atoms with E-state index in [2.05, 4.69) is 62.4 Å². The minimum absolute atomic E-state index is 0.812. The lowest BCUT2D eigenvalue weighted by molar-refractivity contribution is 0.306. The second-order valence-electron chi connectivity index (χ2n) is 6.56. The van der Waals surface area contributed by atoms with Crippen LogP contribution in [-0.4, -0.2) is 6.61 Å². The van der Waals surface area contributed by atoms with Crippen molar-refractivity contribution in [2.75, 3.05) is 6.61 Å². The largest absolute Gasteiger partial charge is 0.493 e. The second kappa shape index (κ2) is 10.9. The zero-order chi connectivity index (χ0) is 17.0. The van der Waals surface area contributed by atoms with E-state index in [1.165, 1.54) is 61.6 Å². The molecular weight excluding hydrogens is 292 g/mol. The van der Waals surface area contributed by atoms with Crippen molar-refractivity contribution in [3.63, 3.8) is 0 Å². The molecule has 0 radical (unpaired) electrons. The van der Waals surface area contributed by atoms with E-state index in [1.807, 2.05) is 0 Å². The van der Waals surface area contributed by atoms with Gasteiger partial charge < -0.3 is 4.74 Å². The average molecular weight is 325 g/mol. The summed E-state index contributed by atoms with van der Waals surface area (Å²) in [5, 5.41) is 0. The molecule has 0 spiro atoms. The van der Waals surface area contributed by atoms with Crippen molar-refractivity contribution < 1.29 is 4.74 Å². The number of para-hydroxylation sites is 1. The van der Waals surface area contributed by atoms with E-state index in [9.17, 15) is 0 Å². The van der Waals surface area contributed by atoms with Crippen molar-refractivity contribution in [3.8, 4) is 16.9 Å². The number of rotatable bonds is 11. The highest BCUT2D eigenvalue weighted by molar-refractivity contribution is 5.70. The Morgan fingerprint density at radius 1 is 0.708 bits per heavy atom. The molecule has 0 unspecified atom stereocenters. The fraction of sp³-hybridized carbons (Fsp3) is 0.478. The Kier molecular flexibility index (Phi) is 8.45. The fourth-order valence-corrected chi connectivity index (χ4v) is 2.97. The Hall–Kier alpha value is -1.76. The first kappa shape index (κ1) is 18.6. The van der Waals surface area contributed by atoms with Gasteiger partial charge in [0.15, 0.2) is 0 Å². The predicted octanol–water partition coefficient (Wildman–Crippen LogP) is 7.05. The van der Waals surface area contributed by atoms with E-state index < -0.39 is 0 Å². The Morgan fingerprint density at radius 3 is 2.17 bits per heavy atom. The molecule has 0 N–H and O–H groups in total. The van der Waals surface area contributed by atoms with Crippen molar-refractivity contribution in [1.29, 1.82) is 0 Å². The van der Waals surface area contributed by atoms with E-state index in [-0.39, 0.29) is 0 Å². The third-order valence-corrected chi connectivity index (χ3v) is 4.48. The summed E-state index contributed by atoms with van der Waals surface area (Å²) in [7, 11) is 0. The summed E-state index contributed by atoms with van der Waals surface area (Å²) >= 11 is 0. The van der Waals surface area contributed by atoms with Crippen LogP contribution in [0.4, 0.5) is 0 Å². The van der Waals surface area contributed by atoms with Crippen LogP contribution >= 0.6 is 0 Å². The molecule has 130 valence electrons. The van der Waals surface area contributed by atoms with Crippen LogP contribution in [0.2, 0.25) is 0 Å². The number of benzene rings is 2. The van der Waals surface area contributed by atoms with Crippen molar-refractivity contribution in [1.82, 2.24) is 0 Å². The quantitative estimate of drug-likeness (QED) is 0.402. The predicted molar refractivity (Wildman–Crippen MR) is 105 cm³/mol. The average Bonchev–Trinajstić information content (AvgIpc) is 2.63. The number of aryl methyl sites for hydroxylation is 1. The summed E-state index contributed by atoms with van der Waals surface area (Å²) in [6.45, 7) is 5.30. The molecule has 0 amide bonds. The molecule has 2 aromatic rings. The molecule has 2 aromatic carbocycles. The monoisotopic (exact) mass is 324 g/mol. The fourth-order valence-electron chi connectivity index (χ4n) is 2.97. The highest BCUT2D eigenvalue weighted by atomic mass is 16.5. The van der Waals surface area contributed by atoms with Gasteiger partial charge in [0.2, 0.25) is 0 Å². The second-order valence-corrected chi connectivity index (χ2v) is 6.56. The topological polar surface area (TPSA) is 9.23 Å². The Balaban J connectivity index is 1.97. The standard InChI is InChI=1S/C23H32O/c1-3-5-7-11-19-24-23-14-10-9-13-22(23)21-17-15-20(16-18-21)12-8-6-4-2/h9-10,13-18H,3-8,11-12,19H2,1-2H3. The zero-order valence-corrected chi connectivity index (χ0v) is 15.4. The molecule has 2 rings (SSSR count). The summed E-state index contributed by atoms with van der Waals surface area (Å²) < 4.78 is 6.05. The van der Waals surface area contributed by atoms with E-state index in [1.54, 1.807) is 0 Å². The molecule has 24 heavy (non-hydrogen) atoms. The first-order valence-electron chi connectivity index (χ1n) is 9.66. The Bertz CT molecular complexity index is 571. The van der Waals surface area contributed by atoms with E-state index in [0.29, 0.717) is 0 Å². The Morgan fingerprint density at radius 2 is 1.42 bits per heavy atom. The first-order valence-corrected chi connectivity index (χ1v) is 9.66. The molecule has 0 aromatic heterocycles. The smallest absolute Gasteiger partial charge is 0.127 e. The molecule has 1 nitrogen and oxygen atoms in total. The first-order chi connectivity index (χ1) is 11.8. The SMILES string of the molecule is CCCCCCOc1ccccc1-c1ccc(CCCCC)cc1. The number of hydrogen-bond acceptors (Lipinski definition) is 1. The van der Waals surface area contributed by atoms with Gasteiger partial charge in [-0.2, -0.15) is 0 Å². The van der Waals surface area contributed by atoms with Gasteiger partial charge in [-0.05, 0) is 36.5 Å². The summed E-state index contributed by atoms with van der Waals surface area (Å²) in [4.78, 5) is 0. The van der Waals surface area contributed by atoms with Crippen LogP contribution in [0.25, 0.3) is 11.1 Å². The molecular formula is C23H32O. The lowest BCUT2D eigenvalue weighted by Crippen LogP contribution is -1.98. The van der Waals surface area contributed by atoms with Crippen LogP contribution in [0.15, 0.2) is 48.5 Å². The third kappa shape index (κ3) is 6.03. The van der Waals surface area contributed by atoms with Gasteiger partial charge in [0.1, 0.15) is 5.75 Å². The van der Waals surface area contributed by atoms with Gasteiger partial charge in [0.25, 0.3) is 0 Å². The minimum atomic E-state index is 0.812. The summed E-state index contributed by atoms with van der Waals surface area (Å²) in [5.74, 6) is 1.01. The number of unbranched alkanes of at least 4 members (excludes halogenated alkanes) is 5. The molecule has 0 heterocycles. The zero-order valence-electron chi connectivity index (χ0n) is 15.4. The molecule has 0 aliphatic rings. The summed E-state index contributed by atoms with van der Waals surface area (Å²) in [6, 6.07) is 17.4. The van der Waals surface area contributed by atoms with Crippen molar-refractivity contribution >= 4 is 0 Å². The maximum Gasteiger partial charge on any atom is 0.127 e. The van der Waals surface area contributed by atoms with Crippen molar-refractivity contribution in [3.05, 3.63) is 54.1 Å². The molecule has 0 fully saturated rings. The highest BCUT2D eigenvalue weighted by Gasteiger charge is 2.06. The maximum absolute atomic E-state index is 6.05. The van der Waals surface area contributed by atoms with Crippen LogP contribution < -0.4 is 4.74 Å². The molecule has 0 aliphatic carbocycles. The van der Waals surface area contributed by atoms with Crippen LogP contribution in [0.1, 0.15) is 64.4 Å². The highest BCUT2D eigenvalue weighted by Crippen LogP contribution is 2.30. The lowest BCUT2D eigenvalue weighted by atomic mass is 10.0. The van der Waals surface area contributed by atoms with Gasteiger partial charge in [-0.15, -0.1) is 0 Å². The molecule has 1 heteroatoms. The third-order valence-electron chi connectivity index (χ3n) is 4.48. The normalized spacial score (nSPS) is 10.8. The van der Waals surface area contributed by atoms with Crippen LogP contribution in [0, 0.1) is 0 Å². The van der Waals surface area contributed by atoms with Gasteiger partial charge in [-0.1, -0.05) is 88.4 Å². The molecule has 0 saturated heterocycles. The van der Waals surface area contributed by atoms with Crippen molar-refractivity contribution in [2.24, 2.45) is 0 Å². The van der Waals surface area contributed by atoms with Crippen LogP contribution in [0.3, 0.4) is 0 Å². The van der Waals surface area contributed by atoms with Gasteiger partial charge in [0.05, 0.1) is 6.61 Å². The lowest BCUT2D eigenvalue weighted by Gasteiger charge is -2.12. The van der Waals surface area contributed by atoms with Gasteiger partial charge in [0, 0.05) is 5.56 Å².